The first kappa shape index (κ1) is 13.0. The van der Waals surface area contributed by atoms with Crippen molar-refractivity contribution in [2.24, 2.45) is 0 Å². The minimum atomic E-state index is 0.320. The van der Waals surface area contributed by atoms with Gasteiger partial charge in [0.15, 0.2) is 0 Å². The topological polar surface area (TPSA) is 84.0 Å². The molecule has 0 aliphatic carbocycles. The Bertz CT molecular complexity index is 389. The van der Waals surface area contributed by atoms with Crippen LogP contribution in [0.4, 0.5) is 17.8 Å². The highest BCUT2D eigenvalue weighted by Gasteiger charge is 2.04. The van der Waals surface area contributed by atoms with Crippen LogP contribution < -0.4 is 16.1 Å². The normalized spacial score (nSPS) is 9.47. The lowest BCUT2D eigenvalue weighted by Gasteiger charge is -2.08. The Balaban J connectivity index is 2.80. The molecule has 0 amide bonds. The number of hydrogen-bond donors (Lipinski definition) is 3. The number of hydrogen-bond acceptors (Lipinski definition) is 7. The van der Waals surface area contributed by atoms with E-state index in [0.29, 0.717) is 24.4 Å². The summed E-state index contributed by atoms with van der Waals surface area (Å²) < 4.78 is 0. The van der Waals surface area contributed by atoms with Crippen LogP contribution in [0, 0.1) is 12.3 Å². The standard InChI is InChI=1S/C10H16N6O/c1-4-6-11-8-13-9(12-7-5-2)15-10(14-8)16-17-3/h1H,5-7H2,2-3H3,(H3,11,12,13,14,15,16). The van der Waals surface area contributed by atoms with E-state index in [1.165, 1.54) is 7.11 Å². The quantitative estimate of drug-likeness (QED) is 0.475. The molecule has 0 fully saturated rings. The van der Waals surface area contributed by atoms with Crippen LogP contribution >= 0.6 is 0 Å². The number of terminal acetylenes is 1. The van der Waals surface area contributed by atoms with E-state index in [1.807, 2.05) is 0 Å². The van der Waals surface area contributed by atoms with Crippen LogP contribution in [-0.2, 0) is 4.84 Å². The van der Waals surface area contributed by atoms with Crippen molar-refractivity contribution in [3.63, 3.8) is 0 Å². The van der Waals surface area contributed by atoms with Gasteiger partial charge in [-0.1, -0.05) is 12.8 Å². The van der Waals surface area contributed by atoms with Crippen molar-refractivity contribution in [3.8, 4) is 12.3 Å². The molecule has 0 unspecified atom stereocenters. The molecule has 0 atom stereocenters. The maximum absolute atomic E-state index is 5.15. The highest BCUT2D eigenvalue weighted by molar-refractivity contribution is 5.41. The predicted molar refractivity (Wildman–Crippen MR) is 66.6 cm³/mol. The van der Waals surface area contributed by atoms with Gasteiger partial charge >= 0.3 is 0 Å². The monoisotopic (exact) mass is 236 g/mol. The predicted octanol–water partition coefficient (Wildman–Crippen LogP) is 0.712. The molecule has 7 heteroatoms. The van der Waals surface area contributed by atoms with E-state index < -0.39 is 0 Å². The number of anilines is 3. The molecule has 0 radical (unpaired) electrons. The van der Waals surface area contributed by atoms with Gasteiger partial charge in [-0.15, -0.1) is 6.42 Å². The molecule has 1 aromatic rings. The highest BCUT2D eigenvalue weighted by Crippen LogP contribution is 2.08. The van der Waals surface area contributed by atoms with E-state index in [0.717, 1.165) is 13.0 Å². The smallest absolute Gasteiger partial charge is 0.253 e. The van der Waals surface area contributed by atoms with Crippen LogP contribution in [0.2, 0.25) is 0 Å². The lowest BCUT2D eigenvalue weighted by molar-refractivity contribution is 0.267. The molecule has 0 aliphatic rings. The molecule has 17 heavy (non-hydrogen) atoms. The van der Waals surface area contributed by atoms with E-state index in [1.54, 1.807) is 0 Å². The van der Waals surface area contributed by atoms with Gasteiger partial charge < -0.3 is 10.6 Å². The van der Waals surface area contributed by atoms with Crippen molar-refractivity contribution in [1.82, 2.24) is 15.0 Å². The molecule has 0 saturated heterocycles. The average molecular weight is 236 g/mol. The first-order valence-corrected chi connectivity index (χ1v) is 5.26. The Morgan fingerprint density at radius 1 is 1.18 bits per heavy atom. The Morgan fingerprint density at radius 2 is 1.82 bits per heavy atom. The van der Waals surface area contributed by atoms with Gasteiger partial charge in [0, 0.05) is 6.54 Å². The first-order chi connectivity index (χ1) is 8.30. The van der Waals surface area contributed by atoms with E-state index in [-0.39, 0.29) is 0 Å². The van der Waals surface area contributed by atoms with Crippen molar-refractivity contribution in [2.45, 2.75) is 13.3 Å². The first-order valence-electron chi connectivity index (χ1n) is 5.26. The van der Waals surface area contributed by atoms with Crippen LogP contribution in [0.25, 0.3) is 0 Å². The summed E-state index contributed by atoms with van der Waals surface area (Å²) in [5.74, 6) is 3.64. The van der Waals surface area contributed by atoms with Gasteiger partial charge in [0.2, 0.25) is 11.9 Å². The Kier molecular flexibility index (Phi) is 5.54. The molecule has 1 rings (SSSR count). The van der Waals surface area contributed by atoms with E-state index in [2.05, 4.69) is 43.9 Å². The van der Waals surface area contributed by atoms with Gasteiger partial charge in [-0.2, -0.15) is 15.0 Å². The van der Waals surface area contributed by atoms with Crippen molar-refractivity contribution in [2.75, 3.05) is 36.3 Å². The van der Waals surface area contributed by atoms with Gasteiger partial charge in [-0.25, -0.2) is 5.48 Å². The minimum Gasteiger partial charge on any atom is -0.354 e. The van der Waals surface area contributed by atoms with Crippen LogP contribution in [0.3, 0.4) is 0 Å². The summed E-state index contributed by atoms with van der Waals surface area (Å²) in [5.41, 5.74) is 2.55. The Hall–Kier alpha value is -2.07. The van der Waals surface area contributed by atoms with Gasteiger partial charge in [-0.05, 0) is 6.42 Å². The summed E-state index contributed by atoms with van der Waals surface area (Å²) in [6.45, 7) is 3.19. The third-order valence-electron chi connectivity index (χ3n) is 1.71. The van der Waals surface area contributed by atoms with Crippen molar-refractivity contribution in [3.05, 3.63) is 0 Å². The van der Waals surface area contributed by atoms with Crippen LogP contribution in [0.5, 0.6) is 0 Å². The number of nitrogens with one attached hydrogen (secondary N) is 3. The fraction of sp³-hybridized carbons (Fsp3) is 0.500. The molecule has 0 bridgehead atoms. The number of aromatic nitrogens is 3. The molecular weight excluding hydrogens is 220 g/mol. The summed E-state index contributed by atoms with van der Waals surface area (Å²) in [5, 5.41) is 5.94. The molecule has 0 aliphatic heterocycles. The SMILES string of the molecule is C#CCNc1nc(NCCC)nc(NOC)n1. The second kappa shape index (κ2) is 7.24. The summed E-state index contributed by atoms with van der Waals surface area (Å²) in [4.78, 5) is 17.1. The summed E-state index contributed by atoms with van der Waals surface area (Å²) in [7, 11) is 1.48. The van der Waals surface area contributed by atoms with Crippen LogP contribution in [0.15, 0.2) is 0 Å². The zero-order chi connectivity index (χ0) is 12.5. The second-order valence-electron chi connectivity index (χ2n) is 3.10. The molecular formula is C10H16N6O. The Labute approximate surface area is 100 Å². The van der Waals surface area contributed by atoms with Crippen molar-refractivity contribution < 1.29 is 4.84 Å². The molecule has 0 saturated carbocycles. The zero-order valence-electron chi connectivity index (χ0n) is 9.95. The summed E-state index contributed by atoms with van der Waals surface area (Å²) in [6, 6.07) is 0. The van der Waals surface area contributed by atoms with Gasteiger partial charge in [0.25, 0.3) is 5.95 Å². The van der Waals surface area contributed by atoms with Crippen molar-refractivity contribution >= 4 is 17.8 Å². The van der Waals surface area contributed by atoms with Crippen LogP contribution in [-0.4, -0.2) is 35.2 Å². The highest BCUT2D eigenvalue weighted by atomic mass is 16.6. The van der Waals surface area contributed by atoms with Gasteiger partial charge in [0.05, 0.1) is 13.7 Å². The lowest BCUT2D eigenvalue weighted by Crippen LogP contribution is -2.12. The molecule has 1 aromatic heterocycles. The molecule has 1 heterocycles. The van der Waals surface area contributed by atoms with Crippen molar-refractivity contribution in [1.29, 1.82) is 0 Å². The summed E-state index contributed by atoms with van der Waals surface area (Å²) in [6.07, 6.45) is 6.13. The molecule has 0 spiro atoms. The summed E-state index contributed by atoms with van der Waals surface area (Å²) >= 11 is 0. The molecule has 0 aromatic carbocycles. The van der Waals surface area contributed by atoms with E-state index >= 15 is 0 Å². The molecule has 3 N–H and O–H groups in total. The largest absolute Gasteiger partial charge is 0.354 e. The third kappa shape index (κ3) is 4.53. The fourth-order valence-corrected chi connectivity index (χ4v) is 1.04. The third-order valence-corrected chi connectivity index (χ3v) is 1.71. The maximum atomic E-state index is 5.15. The zero-order valence-corrected chi connectivity index (χ0v) is 9.95. The maximum Gasteiger partial charge on any atom is 0.253 e. The average Bonchev–Trinajstić information content (AvgIpc) is 2.34. The number of nitrogens with zero attached hydrogens (tertiary/aromatic N) is 3. The number of rotatable bonds is 7. The second-order valence-corrected chi connectivity index (χ2v) is 3.10. The fourth-order valence-electron chi connectivity index (χ4n) is 1.04. The van der Waals surface area contributed by atoms with Crippen LogP contribution in [0.1, 0.15) is 13.3 Å². The van der Waals surface area contributed by atoms with Gasteiger partial charge in [-0.3, -0.25) is 4.84 Å². The van der Waals surface area contributed by atoms with E-state index in [4.69, 9.17) is 11.3 Å². The minimum absolute atomic E-state index is 0.320. The Morgan fingerprint density at radius 3 is 2.41 bits per heavy atom. The molecule has 92 valence electrons. The van der Waals surface area contributed by atoms with Gasteiger partial charge in [0.1, 0.15) is 0 Å². The lowest BCUT2D eigenvalue weighted by atomic mass is 10.5. The molecule has 7 nitrogen and oxygen atoms in total. The van der Waals surface area contributed by atoms with E-state index in [9.17, 15) is 0 Å².